The van der Waals surface area contributed by atoms with Crippen LogP contribution in [0, 0.1) is 6.92 Å². The SMILES string of the molecule is Cc1c(-c2cnn(C)c2)[nH]c2ncccc12.Cl. The lowest BCUT2D eigenvalue weighted by Gasteiger charge is -1.93. The Balaban J connectivity index is 0.00000108. The minimum absolute atomic E-state index is 0. The summed E-state index contributed by atoms with van der Waals surface area (Å²) in [6.07, 6.45) is 5.65. The van der Waals surface area contributed by atoms with E-state index in [1.165, 1.54) is 10.9 Å². The van der Waals surface area contributed by atoms with Crippen molar-refractivity contribution in [2.45, 2.75) is 6.92 Å². The molecule has 0 fully saturated rings. The maximum absolute atomic E-state index is 4.31. The molecule has 0 amide bonds. The second kappa shape index (κ2) is 4.22. The van der Waals surface area contributed by atoms with Crippen molar-refractivity contribution >= 4 is 23.4 Å². The van der Waals surface area contributed by atoms with Crippen LogP contribution in [-0.4, -0.2) is 19.7 Å². The molecule has 0 saturated heterocycles. The Labute approximate surface area is 105 Å². The number of H-pyrrole nitrogens is 1. The highest BCUT2D eigenvalue weighted by atomic mass is 35.5. The molecule has 0 aliphatic heterocycles. The molecule has 3 aromatic heterocycles. The Hall–Kier alpha value is -1.81. The summed E-state index contributed by atoms with van der Waals surface area (Å²) in [6, 6.07) is 4.03. The molecule has 0 aliphatic rings. The monoisotopic (exact) mass is 248 g/mol. The summed E-state index contributed by atoms with van der Waals surface area (Å²) in [4.78, 5) is 7.64. The van der Waals surface area contributed by atoms with E-state index in [2.05, 4.69) is 28.1 Å². The second-order valence-corrected chi connectivity index (χ2v) is 3.93. The van der Waals surface area contributed by atoms with Gasteiger partial charge in [-0.1, -0.05) is 0 Å². The summed E-state index contributed by atoms with van der Waals surface area (Å²) in [7, 11) is 1.92. The van der Waals surface area contributed by atoms with Crippen LogP contribution >= 0.6 is 12.4 Å². The molecule has 0 bridgehead atoms. The van der Waals surface area contributed by atoms with Crippen LogP contribution < -0.4 is 0 Å². The van der Waals surface area contributed by atoms with Gasteiger partial charge in [0.2, 0.25) is 0 Å². The molecule has 0 atom stereocenters. The first-order valence-electron chi connectivity index (χ1n) is 5.18. The summed E-state index contributed by atoms with van der Waals surface area (Å²) in [5.41, 5.74) is 4.34. The number of hydrogen-bond acceptors (Lipinski definition) is 2. The summed E-state index contributed by atoms with van der Waals surface area (Å²) in [5.74, 6) is 0. The Kier molecular flexibility index (Phi) is 2.90. The summed E-state index contributed by atoms with van der Waals surface area (Å²) >= 11 is 0. The zero-order valence-electron chi connectivity index (χ0n) is 9.64. The highest BCUT2D eigenvalue weighted by Gasteiger charge is 2.10. The summed E-state index contributed by atoms with van der Waals surface area (Å²) in [6.45, 7) is 2.10. The van der Waals surface area contributed by atoms with E-state index >= 15 is 0 Å². The van der Waals surface area contributed by atoms with Crippen molar-refractivity contribution in [3.63, 3.8) is 0 Å². The van der Waals surface area contributed by atoms with Crippen LogP contribution in [0.1, 0.15) is 5.56 Å². The van der Waals surface area contributed by atoms with Gasteiger partial charge in [0.1, 0.15) is 5.65 Å². The molecule has 4 nitrogen and oxygen atoms in total. The van der Waals surface area contributed by atoms with Gasteiger partial charge in [-0.3, -0.25) is 4.68 Å². The molecule has 5 heteroatoms. The average molecular weight is 249 g/mol. The molecular weight excluding hydrogens is 236 g/mol. The van der Waals surface area contributed by atoms with E-state index in [9.17, 15) is 0 Å². The maximum Gasteiger partial charge on any atom is 0.137 e. The minimum atomic E-state index is 0. The van der Waals surface area contributed by atoms with Gasteiger partial charge in [0.05, 0.1) is 11.9 Å². The van der Waals surface area contributed by atoms with Crippen LogP contribution in [0.3, 0.4) is 0 Å². The Morgan fingerprint density at radius 2 is 2.18 bits per heavy atom. The van der Waals surface area contributed by atoms with Gasteiger partial charge in [-0.2, -0.15) is 5.10 Å². The third-order valence-electron chi connectivity index (χ3n) is 2.82. The van der Waals surface area contributed by atoms with E-state index in [0.717, 1.165) is 16.9 Å². The van der Waals surface area contributed by atoms with Gasteiger partial charge in [0, 0.05) is 30.4 Å². The van der Waals surface area contributed by atoms with E-state index in [1.54, 1.807) is 10.9 Å². The number of halogens is 1. The van der Waals surface area contributed by atoms with Crippen molar-refractivity contribution in [1.29, 1.82) is 0 Å². The number of aromatic nitrogens is 4. The molecule has 3 aromatic rings. The lowest BCUT2D eigenvalue weighted by atomic mass is 10.1. The standard InChI is InChI=1S/C12H12N4.ClH/c1-8-10-4-3-5-13-12(10)15-11(8)9-6-14-16(2)7-9;/h3-7H,1-2H3,(H,13,15);1H. The van der Waals surface area contributed by atoms with Crippen molar-refractivity contribution in [1.82, 2.24) is 19.7 Å². The predicted molar refractivity (Wildman–Crippen MR) is 70.3 cm³/mol. The molecule has 3 rings (SSSR count). The highest BCUT2D eigenvalue weighted by Crippen LogP contribution is 2.27. The van der Waals surface area contributed by atoms with Crippen LogP contribution in [-0.2, 0) is 7.05 Å². The Morgan fingerprint density at radius 1 is 1.35 bits per heavy atom. The van der Waals surface area contributed by atoms with Crippen LogP contribution in [0.4, 0.5) is 0 Å². The molecule has 0 aromatic carbocycles. The normalized spacial score (nSPS) is 10.5. The number of pyridine rings is 1. The van der Waals surface area contributed by atoms with E-state index < -0.39 is 0 Å². The van der Waals surface area contributed by atoms with Gasteiger partial charge >= 0.3 is 0 Å². The third-order valence-corrected chi connectivity index (χ3v) is 2.82. The first-order valence-corrected chi connectivity index (χ1v) is 5.18. The maximum atomic E-state index is 4.31. The molecule has 17 heavy (non-hydrogen) atoms. The Bertz CT molecular complexity index is 653. The number of aryl methyl sites for hydroxylation is 2. The minimum Gasteiger partial charge on any atom is -0.339 e. The second-order valence-electron chi connectivity index (χ2n) is 3.93. The summed E-state index contributed by atoms with van der Waals surface area (Å²) in [5, 5.41) is 5.35. The van der Waals surface area contributed by atoms with Crippen molar-refractivity contribution in [3.05, 3.63) is 36.3 Å². The zero-order valence-corrected chi connectivity index (χ0v) is 10.5. The fourth-order valence-corrected chi connectivity index (χ4v) is 1.99. The molecule has 1 N–H and O–H groups in total. The van der Waals surface area contributed by atoms with E-state index in [4.69, 9.17) is 0 Å². The van der Waals surface area contributed by atoms with Gasteiger partial charge in [0.25, 0.3) is 0 Å². The summed E-state index contributed by atoms with van der Waals surface area (Å²) < 4.78 is 1.80. The van der Waals surface area contributed by atoms with Crippen LogP contribution in [0.15, 0.2) is 30.7 Å². The number of nitrogens with zero attached hydrogens (tertiary/aromatic N) is 3. The highest BCUT2D eigenvalue weighted by molar-refractivity contribution is 5.87. The predicted octanol–water partition coefficient (Wildman–Crippen LogP) is 2.69. The lowest BCUT2D eigenvalue weighted by molar-refractivity contribution is 0.768. The molecule has 0 radical (unpaired) electrons. The van der Waals surface area contributed by atoms with E-state index in [-0.39, 0.29) is 12.4 Å². The number of aromatic amines is 1. The van der Waals surface area contributed by atoms with Gasteiger partial charge in [-0.05, 0) is 24.6 Å². The van der Waals surface area contributed by atoms with Gasteiger partial charge in [-0.25, -0.2) is 4.98 Å². The van der Waals surface area contributed by atoms with Gasteiger partial charge < -0.3 is 4.98 Å². The smallest absolute Gasteiger partial charge is 0.137 e. The van der Waals surface area contributed by atoms with Crippen molar-refractivity contribution in [3.8, 4) is 11.3 Å². The van der Waals surface area contributed by atoms with Crippen molar-refractivity contribution in [2.24, 2.45) is 7.05 Å². The zero-order chi connectivity index (χ0) is 11.1. The molecule has 0 saturated carbocycles. The third kappa shape index (κ3) is 1.80. The van der Waals surface area contributed by atoms with E-state index in [1.807, 2.05) is 25.5 Å². The van der Waals surface area contributed by atoms with Crippen molar-refractivity contribution < 1.29 is 0 Å². The van der Waals surface area contributed by atoms with Crippen LogP contribution in [0.2, 0.25) is 0 Å². The molecule has 0 aliphatic carbocycles. The average Bonchev–Trinajstić information content (AvgIpc) is 2.84. The largest absolute Gasteiger partial charge is 0.339 e. The fraction of sp³-hybridized carbons (Fsp3) is 0.167. The first-order chi connectivity index (χ1) is 7.75. The van der Waals surface area contributed by atoms with Crippen molar-refractivity contribution in [2.75, 3.05) is 0 Å². The van der Waals surface area contributed by atoms with Gasteiger partial charge in [-0.15, -0.1) is 12.4 Å². The number of nitrogens with one attached hydrogen (secondary N) is 1. The number of hydrogen-bond donors (Lipinski definition) is 1. The quantitative estimate of drug-likeness (QED) is 0.720. The first kappa shape index (κ1) is 11.7. The number of fused-ring (bicyclic) bond motifs is 1. The Morgan fingerprint density at radius 3 is 2.82 bits per heavy atom. The fourth-order valence-electron chi connectivity index (χ4n) is 1.99. The van der Waals surface area contributed by atoms with E-state index in [0.29, 0.717) is 0 Å². The lowest BCUT2D eigenvalue weighted by Crippen LogP contribution is -1.84. The van der Waals surface area contributed by atoms with Crippen LogP contribution in [0.5, 0.6) is 0 Å². The topological polar surface area (TPSA) is 46.5 Å². The number of rotatable bonds is 1. The molecular formula is C12H13ClN4. The molecule has 0 unspecified atom stereocenters. The molecule has 0 spiro atoms. The van der Waals surface area contributed by atoms with Crippen LogP contribution in [0.25, 0.3) is 22.3 Å². The molecule has 3 heterocycles. The van der Waals surface area contributed by atoms with Gasteiger partial charge in [0.15, 0.2) is 0 Å². The molecule has 88 valence electrons.